The fraction of sp³-hybridized carbons (Fsp3) is 0.533. The molecule has 0 spiro atoms. The van der Waals surface area contributed by atoms with Crippen LogP contribution in [-0.2, 0) is 4.79 Å². The van der Waals surface area contributed by atoms with Gasteiger partial charge in [0.2, 0.25) is 5.91 Å². The first-order valence-electron chi connectivity index (χ1n) is 6.46. The SMILES string of the molecule is COc1ccccc1[C@H](C)NC(=O)[C@@H](N)C(C)(C)C. The van der Waals surface area contributed by atoms with Gasteiger partial charge in [-0.3, -0.25) is 4.79 Å². The molecule has 0 bridgehead atoms. The highest BCUT2D eigenvalue weighted by atomic mass is 16.5. The molecular formula is C15H24N2O2. The van der Waals surface area contributed by atoms with Crippen LogP contribution >= 0.6 is 0 Å². The quantitative estimate of drug-likeness (QED) is 0.876. The minimum Gasteiger partial charge on any atom is -0.496 e. The summed E-state index contributed by atoms with van der Waals surface area (Å²) in [5.74, 6) is 0.616. The van der Waals surface area contributed by atoms with Crippen molar-refractivity contribution in [1.29, 1.82) is 0 Å². The summed E-state index contributed by atoms with van der Waals surface area (Å²) in [6.45, 7) is 7.77. The van der Waals surface area contributed by atoms with Gasteiger partial charge in [-0.15, -0.1) is 0 Å². The standard InChI is InChI=1S/C15H24N2O2/c1-10(11-8-6-7-9-12(11)19-5)17-14(18)13(16)15(2,3)4/h6-10,13H,16H2,1-5H3,(H,17,18)/t10-,13+/m0/s1. The van der Waals surface area contributed by atoms with Gasteiger partial charge in [-0.2, -0.15) is 0 Å². The summed E-state index contributed by atoms with van der Waals surface area (Å²) in [6.07, 6.45) is 0. The first-order valence-corrected chi connectivity index (χ1v) is 6.46. The highest BCUT2D eigenvalue weighted by Crippen LogP contribution is 2.25. The average molecular weight is 264 g/mol. The second-order valence-corrected chi connectivity index (χ2v) is 5.82. The van der Waals surface area contributed by atoms with Crippen LogP contribution in [0.2, 0.25) is 0 Å². The predicted octanol–water partition coefficient (Wildman–Crippen LogP) is 2.25. The monoisotopic (exact) mass is 264 g/mol. The van der Waals surface area contributed by atoms with E-state index in [-0.39, 0.29) is 17.4 Å². The van der Waals surface area contributed by atoms with Crippen LogP contribution in [0.3, 0.4) is 0 Å². The maximum Gasteiger partial charge on any atom is 0.237 e. The number of benzene rings is 1. The van der Waals surface area contributed by atoms with Gasteiger partial charge in [-0.25, -0.2) is 0 Å². The van der Waals surface area contributed by atoms with Gasteiger partial charge in [-0.05, 0) is 18.4 Å². The molecule has 4 nitrogen and oxygen atoms in total. The Hall–Kier alpha value is -1.55. The first kappa shape index (κ1) is 15.5. The maximum absolute atomic E-state index is 12.1. The van der Waals surface area contributed by atoms with E-state index in [4.69, 9.17) is 10.5 Å². The molecule has 0 saturated carbocycles. The lowest BCUT2D eigenvalue weighted by atomic mass is 9.86. The molecule has 106 valence electrons. The minimum atomic E-state index is -0.537. The summed E-state index contributed by atoms with van der Waals surface area (Å²) in [5.41, 5.74) is 6.63. The molecule has 0 radical (unpaired) electrons. The van der Waals surface area contributed by atoms with Crippen molar-refractivity contribution in [3.63, 3.8) is 0 Å². The summed E-state index contributed by atoms with van der Waals surface area (Å²) >= 11 is 0. The summed E-state index contributed by atoms with van der Waals surface area (Å²) in [6, 6.07) is 6.96. The molecule has 0 aliphatic carbocycles. The summed E-state index contributed by atoms with van der Waals surface area (Å²) in [5, 5.41) is 2.93. The summed E-state index contributed by atoms with van der Waals surface area (Å²) < 4.78 is 5.29. The van der Waals surface area contributed by atoms with Crippen LogP contribution in [0.5, 0.6) is 5.75 Å². The zero-order chi connectivity index (χ0) is 14.6. The third-order valence-corrected chi connectivity index (χ3v) is 3.18. The van der Waals surface area contributed by atoms with E-state index >= 15 is 0 Å². The summed E-state index contributed by atoms with van der Waals surface area (Å²) in [4.78, 5) is 12.1. The zero-order valence-corrected chi connectivity index (χ0v) is 12.4. The molecule has 0 saturated heterocycles. The molecule has 0 unspecified atom stereocenters. The van der Waals surface area contributed by atoms with Gasteiger partial charge in [0.05, 0.1) is 19.2 Å². The smallest absolute Gasteiger partial charge is 0.237 e. The number of carbonyl (C=O) groups is 1. The van der Waals surface area contributed by atoms with E-state index < -0.39 is 6.04 Å². The molecule has 0 aliphatic heterocycles. The number of ether oxygens (including phenoxy) is 1. The molecule has 4 heteroatoms. The number of carbonyl (C=O) groups excluding carboxylic acids is 1. The molecule has 19 heavy (non-hydrogen) atoms. The number of nitrogens with two attached hydrogens (primary N) is 1. The number of hydrogen-bond acceptors (Lipinski definition) is 3. The van der Waals surface area contributed by atoms with Crippen LogP contribution in [0.15, 0.2) is 24.3 Å². The average Bonchev–Trinajstić information content (AvgIpc) is 2.36. The molecular weight excluding hydrogens is 240 g/mol. The molecule has 0 heterocycles. The van der Waals surface area contributed by atoms with Crippen LogP contribution in [0, 0.1) is 5.41 Å². The third kappa shape index (κ3) is 3.96. The van der Waals surface area contributed by atoms with Gasteiger partial charge < -0.3 is 15.8 Å². The van der Waals surface area contributed by atoms with E-state index in [1.54, 1.807) is 7.11 Å². The lowest BCUT2D eigenvalue weighted by molar-refractivity contribution is -0.125. The fourth-order valence-electron chi connectivity index (χ4n) is 1.80. The van der Waals surface area contributed by atoms with E-state index in [2.05, 4.69) is 5.32 Å². The van der Waals surface area contributed by atoms with Crippen LogP contribution < -0.4 is 15.8 Å². The van der Waals surface area contributed by atoms with Crippen molar-refractivity contribution < 1.29 is 9.53 Å². The maximum atomic E-state index is 12.1. The minimum absolute atomic E-state index is 0.142. The molecule has 2 atom stereocenters. The van der Waals surface area contributed by atoms with Crippen molar-refractivity contribution in [3.05, 3.63) is 29.8 Å². The second-order valence-electron chi connectivity index (χ2n) is 5.82. The van der Waals surface area contributed by atoms with Crippen molar-refractivity contribution >= 4 is 5.91 Å². The number of rotatable bonds is 4. The number of nitrogens with one attached hydrogen (secondary N) is 1. The van der Waals surface area contributed by atoms with Crippen LogP contribution in [0.25, 0.3) is 0 Å². The van der Waals surface area contributed by atoms with E-state index in [9.17, 15) is 4.79 Å². The van der Waals surface area contributed by atoms with Crippen molar-refractivity contribution in [2.45, 2.75) is 39.8 Å². The van der Waals surface area contributed by atoms with Crippen LogP contribution in [-0.4, -0.2) is 19.1 Å². The van der Waals surface area contributed by atoms with Crippen molar-refractivity contribution in [3.8, 4) is 5.75 Å². The molecule has 1 aromatic rings. The Morgan fingerprint density at radius 2 is 1.89 bits per heavy atom. The highest BCUT2D eigenvalue weighted by molar-refractivity contribution is 5.82. The number of amides is 1. The Morgan fingerprint density at radius 3 is 2.42 bits per heavy atom. The van der Waals surface area contributed by atoms with Crippen molar-refractivity contribution in [2.75, 3.05) is 7.11 Å². The van der Waals surface area contributed by atoms with E-state index in [0.29, 0.717) is 0 Å². The Labute approximate surface area is 115 Å². The van der Waals surface area contributed by atoms with Gasteiger partial charge in [0.15, 0.2) is 0 Å². The molecule has 1 amide bonds. The van der Waals surface area contributed by atoms with Crippen molar-refractivity contribution in [2.24, 2.45) is 11.1 Å². The largest absolute Gasteiger partial charge is 0.496 e. The molecule has 1 aromatic carbocycles. The van der Waals surface area contributed by atoms with Gasteiger partial charge in [0, 0.05) is 5.56 Å². The van der Waals surface area contributed by atoms with Crippen LogP contribution in [0.1, 0.15) is 39.3 Å². The second kappa shape index (κ2) is 6.06. The zero-order valence-electron chi connectivity index (χ0n) is 12.4. The van der Waals surface area contributed by atoms with Gasteiger partial charge in [0.25, 0.3) is 0 Å². The van der Waals surface area contributed by atoms with E-state index in [0.717, 1.165) is 11.3 Å². The Bertz CT molecular complexity index is 438. The van der Waals surface area contributed by atoms with E-state index in [1.165, 1.54) is 0 Å². The number of para-hydroxylation sites is 1. The van der Waals surface area contributed by atoms with Gasteiger partial charge in [0.1, 0.15) is 5.75 Å². The molecule has 0 aliphatic rings. The fourth-order valence-corrected chi connectivity index (χ4v) is 1.80. The Balaban J connectivity index is 2.80. The van der Waals surface area contributed by atoms with Crippen LogP contribution in [0.4, 0.5) is 0 Å². The van der Waals surface area contributed by atoms with Crippen molar-refractivity contribution in [1.82, 2.24) is 5.32 Å². The lowest BCUT2D eigenvalue weighted by Gasteiger charge is -2.27. The Morgan fingerprint density at radius 1 is 1.32 bits per heavy atom. The van der Waals surface area contributed by atoms with E-state index in [1.807, 2.05) is 52.0 Å². The molecule has 3 N–H and O–H groups in total. The van der Waals surface area contributed by atoms with Gasteiger partial charge >= 0.3 is 0 Å². The molecule has 0 fully saturated rings. The lowest BCUT2D eigenvalue weighted by Crippen LogP contribution is -2.49. The normalized spacial score (nSPS) is 14.6. The first-order chi connectivity index (χ1) is 8.77. The third-order valence-electron chi connectivity index (χ3n) is 3.18. The Kier molecular flexibility index (Phi) is 4.95. The molecule has 1 rings (SSSR count). The number of hydrogen-bond donors (Lipinski definition) is 2. The molecule has 0 aromatic heterocycles. The van der Waals surface area contributed by atoms with Gasteiger partial charge in [-0.1, -0.05) is 39.0 Å². The predicted molar refractivity (Wildman–Crippen MR) is 77.0 cm³/mol. The highest BCUT2D eigenvalue weighted by Gasteiger charge is 2.28. The topological polar surface area (TPSA) is 64.3 Å². The summed E-state index contributed by atoms with van der Waals surface area (Å²) in [7, 11) is 1.62. The number of methoxy groups -OCH3 is 1.